The number of fused-ring (bicyclic) bond motifs is 3. The van der Waals surface area contributed by atoms with Gasteiger partial charge in [0.05, 0.1) is 24.0 Å². The number of nitrogens with zero attached hydrogens (tertiary/aromatic N) is 5. The number of carbonyl (C=O) groups excluding carboxylic acids is 4. The Morgan fingerprint density at radius 2 is 1.16 bits per heavy atom. The van der Waals surface area contributed by atoms with E-state index in [-0.39, 0.29) is 41.3 Å². The standard InChI is InChI=1S/C52H75N9O6/c1-28(2)42(57-48(64)66-50(5,6)7)46(62)59-22-12-14-36(59)44-53-26-34(55-44)31-18-16-30(17-19-31)32-20-21-33(41-39-25-52(11)24-38(40(32)41)61(39)52)35-27-54-45(56-35)37-15-13-23-60(37)47(63)43(29(3)4)58-49(65)67-51(8,9)10/h20-21,26-31,36-39,42-43H,12-19,22-25H2,1-11H3,(H,53,55)(H,54,56)(H,57,64)(H,58,65)/t30?,31?,36-,37-,38?,39?,42-,43-,52?/m0/s1. The third-order valence-corrected chi connectivity index (χ3v) is 15.6. The maximum atomic E-state index is 14.1. The van der Waals surface area contributed by atoms with E-state index in [0.717, 1.165) is 80.8 Å². The summed E-state index contributed by atoms with van der Waals surface area (Å²) in [5.74, 6) is 2.04. The number of alkyl carbamates (subject to hydrolysis) is 2. The molecule has 5 fully saturated rings. The van der Waals surface area contributed by atoms with Crippen LogP contribution in [0.2, 0.25) is 0 Å². The lowest BCUT2D eigenvalue weighted by Gasteiger charge is -2.65. The summed E-state index contributed by atoms with van der Waals surface area (Å²) in [6.07, 6.45) is 12.9. The van der Waals surface area contributed by atoms with Crippen LogP contribution in [0.15, 0.2) is 24.5 Å². The van der Waals surface area contributed by atoms with Gasteiger partial charge in [0.2, 0.25) is 11.8 Å². The van der Waals surface area contributed by atoms with Gasteiger partial charge in [-0.3, -0.25) is 14.5 Å². The van der Waals surface area contributed by atoms with E-state index >= 15 is 0 Å². The van der Waals surface area contributed by atoms with Crippen molar-refractivity contribution in [2.45, 2.75) is 205 Å². The summed E-state index contributed by atoms with van der Waals surface area (Å²) < 4.78 is 11.0. The van der Waals surface area contributed by atoms with Crippen molar-refractivity contribution in [1.82, 2.24) is 45.3 Å². The fraction of sp³-hybridized carbons (Fsp3) is 0.692. The van der Waals surface area contributed by atoms with Crippen molar-refractivity contribution in [3.8, 4) is 11.3 Å². The van der Waals surface area contributed by atoms with E-state index in [1.807, 2.05) is 91.4 Å². The maximum absolute atomic E-state index is 14.1. The lowest BCUT2D eigenvalue weighted by atomic mass is 9.68. The first-order valence-electron chi connectivity index (χ1n) is 25.3. The van der Waals surface area contributed by atoms with Crippen LogP contribution in [0, 0.1) is 11.8 Å². The second kappa shape index (κ2) is 17.6. The van der Waals surface area contributed by atoms with Gasteiger partial charge in [0.25, 0.3) is 0 Å². The number of rotatable bonds is 11. The lowest BCUT2D eigenvalue weighted by molar-refractivity contribution is -0.177. The predicted octanol–water partition coefficient (Wildman–Crippen LogP) is 9.63. The maximum Gasteiger partial charge on any atom is 0.408 e. The second-order valence-corrected chi connectivity index (χ2v) is 23.4. The molecule has 7 atom stereocenters. The van der Waals surface area contributed by atoms with E-state index in [2.05, 4.69) is 44.6 Å². The van der Waals surface area contributed by atoms with E-state index in [4.69, 9.17) is 19.4 Å². The third kappa shape index (κ3) is 8.98. The molecule has 1 aliphatic carbocycles. The van der Waals surface area contributed by atoms with Gasteiger partial charge >= 0.3 is 12.2 Å². The van der Waals surface area contributed by atoms with Crippen LogP contribution >= 0.6 is 0 Å². The van der Waals surface area contributed by atoms with Gasteiger partial charge in [0, 0.05) is 54.1 Å². The highest BCUT2D eigenvalue weighted by Crippen LogP contribution is 2.71. The number of benzene rings is 1. The number of aromatic nitrogens is 4. The molecule has 364 valence electrons. The Kier molecular flexibility index (Phi) is 12.4. The zero-order chi connectivity index (χ0) is 47.9. The Labute approximate surface area is 396 Å². The van der Waals surface area contributed by atoms with Gasteiger partial charge in [-0.25, -0.2) is 19.6 Å². The minimum Gasteiger partial charge on any atom is -0.444 e. The van der Waals surface area contributed by atoms with Crippen LogP contribution in [-0.4, -0.2) is 101 Å². The summed E-state index contributed by atoms with van der Waals surface area (Å²) in [4.78, 5) is 77.4. The molecule has 4 amide bonds. The summed E-state index contributed by atoms with van der Waals surface area (Å²) in [6.45, 7) is 22.4. The fourth-order valence-corrected chi connectivity index (χ4v) is 12.5. The topological polar surface area (TPSA) is 178 Å². The highest BCUT2D eigenvalue weighted by atomic mass is 16.6. The number of piperidine rings is 1. The molecule has 3 unspecified atom stereocenters. The molecule has 6 aliphatic rings. The summed E-state index contributed by atoms with van der Waals surface area (Å²) in [5, 5.41) is 5.72. The van der Waals surface area contributed by atoms with Gasteiger partial charge < -0.3 is 39.9 Å². The highest BCUT2D eigenvalue weighted by Gasteiger charge is 2.66. The van der Waals surface area contributed by atoms with Crippen molar-refractivity contribution in [1.29, 1.82) is 0 Å². The Morgan fingerprint density at radius 1 is 0.672 bits per heavy atom. The van der Waals surface area contributed by atoms with Crippen molar-refractivity contribution in [2.24, 2.45) is 11.8 Å². The number of hydrogen-bond donors (Lipinski definition) is 4. The van der Waals surface area contributed by atoms with Gasteiger partial charge in [-0.1, -0.05) is 39.8 Å². The van der Waals surface area contributed by atoms with Gasteiger partial charge in [-0.2, -0.15) is 0 Å². The van der Waals surface area contributed by atoms with Crippen LogP contribution in [-0.2, 0) is 19.1 Å². The van der Waals surface area contributed by atoms with Crippen molar-refractivity contribution < 1.29 is 28.7 Å². The first-order valence-corrected chi connectivity index (χ1v) is 25.3. The normalized spacial score (nSPS) is 27.8. The van der Waals surface area contributed by atoms with Crippen molar-refractivity contribution >= 4 is 24.0 Å². The molecule has 15 heteroatoms. The number of imidazole rings is 2. The van der Waals surface area contributed by atoms with E-state index in [9.17, 15) is 19.2 Å². The molecule has 4 N–H and O–H groups in total. The minimum atomic E-state index is -0.703. The Bertz CT molecular complexity index is 2370. The molecule has 7 heterocycles. The van der Waals surface area contributed by atoms with Crippen molar-refractivity contribution in [3.05, 3.63) is 58.6 Å². The van der Waals surface area contributed by atoms with E-state index in [1.165, 1.54) is 23.1 Å². The van der Waals surface area contributed by atoms with Gasteiger partial charge in [0.1, 0.15) is 34.9 Å². The number of likely N-dealkylation sites (tertiary alicyclic amines) is 2. The van der Waals surface area contributed by atoms with E-state index in [1.54, 1.807) is 5.56 Å². The molecule has 3 aromatic rings. The molecule has 15 nitrogen and oxygen atoms in total. The van der Waals surface area contributed by atoms with Crippen molar-refractivity contribution in [2.75, 3.05) is 13.1 Å². The van der Waals surface area contributed by atoms with Gasteiger partial charge in [-0.05, 0) is 147 Å². The Balaban J connectivity index is 0.888. The fourth-order valence-electron chi connectivity index (χ4n) is 12.5. The Morgan fingerprint density at radius 3 is 1.67 bits per heavy atom. The molecule has 1 saturated carbocycles. The minimum absolute atomic E-state index is 0.0943. The number of carbonyl (C=O) groups is 4. The van der Waals surface area contributed by atoms with Crippen LogP contribution in [0.4, 0.5) is 9.59 Å². The van der Waals surface area contributed by atoms with Crippen molar-refractivity contribution in [3.63, 3.8) is 0 Å². The zero-order valence-electron chi connectivity index (χ0n) is 41.8. The molecule has 0 radical (unpaired) electrons. The predicted molar refractivity (Wildman–Crippen MR) is 255 cm³/mol. The monoisotopic (exact) mass is 922 g/mol. The summed E-state index contributed by atoms with van der Waals surface area (Å²) in [6, 6.07) is 3.84. The summed E-state index contributed by atoms with van der Waals surface area (Å²) in [5.41, 5.74) is 6.83. The smallest absolute Gasteiger partial charge is 0.408 e. The lowest BCUT2D eigenvalue weighted by Crippen LogP contribution is -2.66. The molecule has 67 heavy (non-hydrogen) atoms. The molecule has 0 bridgehead atoms. The number of hydrogen-bond acceptors (Lipinski definition) is 9. The molecule has 2 aromatic heterocycles. The van der Waals surface area contributed by atoms with Gasteiger partial charge in [0.15, 0.2) is 0 Å². The van der Waals surface area contributed by atoms with E-state index in [0.29, 0.717) is 37.0 Å². The van der Waals surface area contributed by atoms with E-state index < -0.39 is 35.5 Å². The third-order valence-electron chi connectivity index (χ3n) is 15.6. The number of amides is 4. The quantitative estimate of drug-likeness (QED) is 0.146. The number of aromatic amines is 2. The van der Waals surface area contributed by atoms with Crippen LogP contribution in [0.3, 0.4) is 0 Å². The molecule has 1 aromatic carbocycles. The molecule has 4 saturated heterocycles. The number of ether oxygens (including phenoxy) is 2. The molecular weight excluding hydrogens is 847 g/mol. The second-order valence-electron chi connectivity index (χ2n) is 23.4. The summed E-state index contributed by atoms with van der Waals surface area (Å²) >= 11 is 0. The van der Waals surface area contributed by atoms with Crippen LogP contribution in [0.5, 0.6) is 0 Å². The van der Waals surface area contributed by atoms with Crippen LogP contribution < -0.4 is 10.6 Å². The average Bonchev–Trinajstić information content (AvgIpc) is 4.09. The molecule has 9 rings (SSSR count). The zero-order valence-corrected chi connectivity index (χ0v) is 41.8. The largest absolute Gasteiger partial charge is 0.444 e. The van der Waals surface area contributed by atoms with Crippen LogP contribution in [0.25, 0.3) is 11.3 Å². The molecule has 5 aliphatic heterocycles. The molecular formula is C52H75N9O6. The number of nitrogens with one attached hydrogen (secondary N) is 4. The first kappa shape index (κ1) is 47.2. The first-order chi connectivity index (χ1) is 31.6. The molecule has 0 spiro atoms. The van der Waals surface area contributed by atoms with Gasteiger partial charge in [-0.15, -0.1) is 0 Å². The highest BCUT2D eigenvalue weighted by molar-refractivity contribution is 5.87. The summed E-state index contributed by atoms with van der Waals surface area (Å²) in [7, 11) is 0. The van der Waals surface area contributed by atoms with Crippen LogP contribution in [0.1, 0.15) is 210 Å². The number of H-pyrrole nitrogens is 2. The Hall–Kier alpha value is -4.92. The average molecular weight is 922 g/mol. The SMILES string of the molecule is CC(C)[C@H](NC(=O)OC(C)(C)C)C(=O)N1CCC[C@H]1c1ncc(-c2ccc(C3CCC(c4cnc([C@@H]5CCCN5C(=O)[C@@H](NC(=O)OC(C)(C)C)C(C)C)[nH]4)CC3)c3c2C2CC4(C)CC3N24)[nH]1.